The number of halogens is 2. The zero-order valence-corrected chi connectivity index (χ0v) is 14.8. The molecule has 0 aliphatic carbocycles. The fourth-order valence-electron chi connectivity index (χ4n) is 1.47. The molecule has 0 saturated heterocycles. The Balaban J connectivity index is 3.09. The van der Waals surface area contributed by atoms with Crippen molar-refractivity contribution < 1.29 is 8.82 Å². The Kier molecular flexibility index (Phi) is 5.15. The maximum atomic E-state index is 13.4. The summed E-state index contributed by atoms with van der Waals surface area (Å²) in [7, 11) is -1.93. The lowest BCUT2D eigenvalue weighted by Gasteiger charge is -2.38. The van der Waals surface area contributed by atoms with E-state index >= 15 is 0 Å². The Labute approximate surface area is 125 Å². The minimum atomic E-state index is -1.93. The highest BCUT2D eigenvalue weighted by atomic mass is 79.9. The molecule has 1 rings (SSSR count). The molecule has 0 aliphatic rings. The molecule has 0 spiro atoms. The van der Waals surface area contributed by atoms with E-state index in [-0.39, 0.29) is 17.0 Å². The summed E-state index contributed by atoms with van der Waals surface area (Å²) in [6.45, 7) is 14.7. The van der Waals surface area contributed by atoms with Crippen molar-refractivity contribution in [3.63, 3.8) is 0 Å². The molecule has 1 aromatic carbocycles. The topological polar surface area (TPSA) is 9.23 Å². The summed E-state index contributed by atoms with van der Waals surface area (Å²) >= 11 is 3.45. The van der Waals surface area contributed by atoms with Gasteiger partial charge in [0.1, 0.15) is 5.82 Å². The first-order chi connectivity index (χ1) is 8.58. The van der Waals surface area contributed by atoms with E-state index < -0.39 is 8.32 Å². The fraction of sp³-hybridized carbons (Fsp3) is 0.467. The van der Waals surface area contributed by atoms with Gasteiger partial charge in [0, 0.05) is 10.0 Å². The summed E-state index contributed by atoms with van der Waals surface area (Å²) in [5.41, 5.74) is 0.792. The van der Waals surface area contributed by atoms with Crippen molar-refractivity contribution in [2.75, 3.05) is 0 Å². The molecule has 0 aliphatic heterocycles. The van der Waals surface area contributed by atoms with Crippen molar-refractivity contribution in [1.29, 1.82) is 0 Å². The Morgan fingerprint density at radius 3 is 2.42 bits per heavy atom. The first-order valence-electron chi connectivity index (χ1n) is 6.34. The van der Waals surface area contributed by atoms with Crippen LogP contribution in [0.4, 0.5) is 4.39 Å². The van der Waals surface area contributed by atoms with Gasteiger partial charge in [-0.15, -0.1) is 6.58 Å². The van der Waals surface area contributed by atoms with E-state index in [0.29, 0.717) is 0 Å². The predicted octanol–water partition coefficient (Wildman–Crippen LogP) is 5.84. The van der Waals surface area contributed by atoms with Crippen molar-refractivity contribution in [3.05, 3.63) is 46.7 Å². The number of hydrogen-bond acceptors (Lipinski definition) is 1. The van der Waals surface area contributed by atoms with Crippen molar-refractivity contribution in [2.45, 2.75) is 45.0 Å². The summed E-state index contributed by atoms with van der Waals surface area (Å²) < 4.78 is 20.6. The van der Waals surface area contributed by atoms with Gasteiger partial charge in [0.2, 0.25) is 0 Å². The lowest BCUT2D eigenvalue weighted by molar-refractivity contribution is 0.228. The third-order valence-electron chi connectivity index (χ3n) is 3.71. The second kappa shape index (κ2) is 5.90. The van der Waals surface area contributed by atoms with Crippen LogP contribution in [0.1, 0.15) is 32.4 Å². The molecule has 19 heavy (non-hydrogen) atoms. The van der Waals surface area contributed by atoms with Gasteiger partial charge in [-0.1, -0.05) is 42.8 Å². The molecular formula is C15H22BrFOSi. The Bertz CT molecular complexity index is 466. The summed E-state index contributed by atoms with van der Waals surface area (Å²) in [5, 5.41) is 0.105. The van der Waals surface area contributed by atoms with Crippen LogP contribution in [0.2, 0.25) is 18.1 Å². The molecule has 1 atom stereocenters. The van der Waals surface area contributed by atoms with Crippen LogP contribution in [0.15, 0.2) is 35.3 Å². The highest BCUT2D eigenvalue weighted by molar-refractivity contribution is 9.10. The van der Waals surface area contributed by atoms with Gasteiger partial charge in [-0.25, -0.2) is 4.39 Å². The maximum Gasteiger partial charge on any atom is 0.193 e. The monoisotopic (exact) mass is 344 g/mol. The van der Waals surface area contributed by atoms with Crippen molar-refractivity contribution >= 4 is 24.2 Å². The van der Waals surface area contributed by atoms with Crippen molar-refractivity contribution in [2.24, 2.45) is 0 Å². The molecule has 0 N–H and O–H groups in total. The first kappa shape index (κ1) is 16.6. The van der Waals surface area contributed by atoms with Crippen LogP contribution in [0, 0.1) is 5.82 Å². The minimum absolute atomic E-state index is 0.105. The van der Waals surface area contributed by atoms with E-state index in [1.165, 1.54) is 12.1 Å². The second-order valence-electron chi connectivity index (χ2n) is 6.20. The molecule has 0 saturated carbocycles. The van der Waals surface area contributed by atoms with Crippen LogP contribution >= 0.6 is 15.9 Å². The highest BCUT2D eigenvalue weighted by Crippen LogP contribution is 2.41. The molecule has 1 unspecified atom stereocenters. The van der Waals surface area contributed by atoms with Crippen LogP contribution < -0.4 is 0 Å². The van der Waals surface area contributed by atoms with Crippen LogP contribution in [0.25, 0.3) is 0 Å². The second-order valence-corrected chi connectivity index (χ2v) is 11.8. The minimum Gasteiger partial charge on any atom is -0.406 e. The van der Waals surface area contributed by atoms with Gasteiger partial charge in [0.25, 0.3) is 0 Å². The number of rotatable bonds is 4. The molecule has 106 valence electrons. The zero-order chi connectivity index (χ0) is 14.8. The van der Waals surface area contributed by atoms with E-state index in [2.05, 4.69) is 56.4 Å². The molecule has 0 radical (unpaired) electrons. The van der Waals surface area contributed by atoms with E-state index in [0.717, 1.165) is 10.0 Å². The third-order valence-corrected chi connectivity index (χ3v) is 8.88. The van der Waals surface area contributed by atoms with Crippen LogP contribution in [0.3, 0.4) is 0 Å². The van der Waals surface area contributed by atoms with E-state index in [1.807, 2.05) is 0 Å². The molecule has 0 bridgehead atoms. The molecule has 0 fully saturated rings. The lowest BCUT2D eigenvalue weighted by atomic mass is 10.1. The van der Waals surface area contributed by atoms with E-state index in [9.17, 15) is 4.39 Å². The third kappa shape index (κ3) is 4.00. The Morgan fingerprint density at radius 2 is 1.95 bits per heavy atom. The van der Waals surface area contributed by atoms with Gasteiger partial charge >= 0.3 is 0 Å². The predicted molar refractivity (Wildman–Crippen MR) is 85.3 cm³/mol. The number of hydrogen-bond donors (Lipinski definition) is 0. The molecule has 1 aromatic rings. The molecule has 4 heteroatoms. The molecule has 0 heterocycles. The molecular weight excluding hydrogens is 323 g/mol. The normalized spacial score (nSPS) is 14.3. The van der Waals surface area contributed by atoms with E-state index in [1.54, 1.807) is 12.1 Å². The van der Waals surface area contributed by atoms with Crippen LogP contribution in [-0.4, -0.2) is 8.32 Å². The zero-order valence-electron chi connectivity index (χ0n) is 12.3. The Morgan fingerprint density at radius 1 is 1.37 bits per heavy atom. The smallest absolute Gasteiger partial charge is 0.193 e. The van der Waals surface area contributed by atoms with Gasteiger partial charge in [-0.05, 0) is 36.3 Å². The molecule has 0 amide bonds. The summed E-state index contributed by atoms with van der Waals surface area (Å²) in [5.74, 6) is -0.260. The van der Waals surface area contributed by atoms with Gasteiger partial charge in [0.15, 0.2) is 8.32 Å². The Hall–Kier alpha value is -0.453. The SMILES string of the molecule is C=CC(O[Si](C)(C)C(C)(C)C)c1cc(F)ccc1Br. The van der Waals surface area contributed by atoms with E-state index in [4.69, 9.17) is 4.43 Å². The average Bonchev–Trinajstić information content (AvgIpc) is 2.28. The van der Waals surface area contributed by atoms with Gasteiger partial charge in [-0.3, -0.25) is 0 Å². The van der Waals surface area contributed by atoms with Gasteiger partial charge in [-0.2, -0.15) is 0 Å². The largest absolute Gasteiger partial charge is 0.406 e. The summed E-state index contributed by atoms with van der Waals surface area (Å²) in [4.78, 5) is 0. The highest BCUT2D eigenvalue weighted by Gasteiger charge is 2.39. The van der Waals surface area contributed by atoms with Crippen molar-refractivity contribution in [3.8, 4) is 0 Å². The fourth-order valence-corrected chi connectivity index (χ4v) is 3.15. The standard InChI is InChI=1S/C15H22BrFOSi/c1-7-14(18-19(5,6)15(2,3)4)12-10-11(17)8-9-13(12)16/h7-10,14H,1H2,2-6H3. The van der Waals surface area contributed by atoms with Crippen LogP contribution in [-0.2, 0) is 4.43 Å². The van der Waals surface area contributed by atoms with Gasteiger partial charge < -0.3 is 4.43 Å². The summed E-state index contributed by atoms with van der Waals surface area (Å²) in [6, 6.07) is 4.64. The lowest BCUT2D eigenvalue weighted by Crippen LogP contribution is -2.41. The van der Waals surface area contributed by atoms with Crippen molar-refractivity contribution in [1.82, 2.24) is 0 Å². The maximum absolute atomic E-state index is 13.4. The quantitative estimate of drug-likeness (QED) is 0.492. The summed E-state index contributed by atoms with van der Waals surface area (Å²) in [6.07, 6.45) is 1.45. The van der Waals surface area contributed by atoms with Gasteiger partial charge in [0.05, 0.1) is 6.10 Å². The van der Waals surface area contributed by atoms with Crippen LogP contribution in [0.5, 0.6) is 0 Å². The molecule has 0 aromatic heterocycles. The molecule has 1 nitrogen and oxygen atoms in total. The number of benzene rings is 1. The average molecular weight is 345 g/mol. The first-order valence-corrected chi connectivity index (χ1v) is 10.0.